The number of halogens is 1. The number of anilines is 2. The molecule has 6 nitrogen and oxygen atoms in total. The maximum absolute atomic E-state index is 12.1. The molecule has 26 heavy (non-hydrogen) atoms. The van der Waals surface area contributed by atoms with Crippen LogP contribution in [-0.2, 0) is 14.6 Å². The van der Waals surface area contributed by atoms with Crippen molar-refractivity contribution in [3.63, 3.8) is 0 Å². The van der Waals surface area contributed by atoms with Crippen molar-refractivity contribution in [1.29, 1.82) is 0 Å². The highest BCUT2D eigenvalue weighted by atomic mass is 35.5. The summed E-state index contributed by atoms with van der Waals surface area (Å²) in [6, 6.07) is 7.76. The summed E-state index contributed by atoms with van der Waals surface area (Å²) in [6.45, 7) is 6.03. The van der Waals surface area contributed by atoms with Crippen molar-refractivity contribution in [2.45, 2.75) is 25.1 Å². The van der Waals surface area contributed by atoms with Crippen molar-refractivity contribution in [2.75, 3.05) is 40.3 Å². The Morgan fingerprint density at radius 2 is 1.92 bits per heavy atom. The van der Waals surface area contributed by atoms with Crippen LogP contribution in [0.5, 0.6) is 0 Å². The number of amidine groups is 1. The van der Waals surface area contributed by atoms with Crippen molar-refractivity contribution in [3.8, 4) is 0 Å². The molecule has 0 aromatic heterocycles. The molecule has 3 rings (SSSR count). The molecule has 0 unspecified atom stereocenters. The van der Waals surface area contributed by atoms with Crippen molar-refractivity contribution in [2.24, 2.45) is 4.99 Å². The molecule has 0 bridgehead atoms. The number of rotatable bonds is 5. The van der Waals surface area contributed by atoms with Gasteiger partial charge in [-0.3, -0.25) is 4.79 Å². The Bertz CT molecular complexity index is 807. The third kappa shape index (κ3) is 3.87. The van der Waals surface area contributed by atoms with Gasteiger partial charge in [-0.2, -0.15) is 4.99 Å². The first kappa shape index (κ1) is 19.5. The first-order chi connectivity index (χ1) is 12.4. The molecule has 0 aliphatic carbocycles. The minimum atomic E-state index is -3.07. The number of alkyl halides is 1. The van der Waals surface area contributed by atoms with Crippen LogP contribution in [0.3, 0.4) is 0 Å². The summed E-state index contributed by atoms with van der Waals surface area (Å²) >= 11 is 6.95. The number of carbonyl (C=O) groups excluding carboxylic acids is 1. The lowest BCUT2D eigenvalue weighted by molar-refractivity contribution is -0.115. The van der Waals surface area contributed by atoms with Gasteiger partial charge in [-0.25, -0.2) is 8.42 Å². The van der Waals surface area contributed by atoms with Crippen LogP contribution < -0.4 is 9.80 Å². The highest BCUT2D eigenvalue weighted by Crippen LogP contribution is 2.41. The molecule has 2 aliphatic heterocycles. The molecular weight excluding hydrogens is 394 g/mol. The van der Waals surface area contributed by atoms with Gasteiger partial charge in [0.05, 0.1) is 17.5 Å². The van der Waals surface area contributed by atoms with Crippen LogP contribution in [0.15, 0.2) is 29.3 Å². The number of hydrogen-bond donors (Lipinski definition) is 0. The number of thioether (sulfide) groups is 1. The first-order valence-electron chi connectivity index (χ1n) is 8.57. The maximum atomic E-state index is 12.1. The van der Waals surface area contributed by atoms with Gasteiger partial charge in [0.1, 0.15) is 5.88 Å². The number of fused-ring (bicyclic) bond motifs is 1. The topological polar surface area (TPSA) is 70.0 Å². The summed E-state index contributed by atoms with van der Waals surface area (Å²) in [7, 11) is -3.07. The maximum Gasteiger partial charge on any atom is 0.262 e. The van der Waals surface area contributed by atoms with E-state index in [4.69, 9.17) is 11.6 Å². The molecule has 0 saturated carbocycles. The van der Waals surface area contributed by atoms with Gasteiger partial charge in [0, 0.05) is 29.7 Å². The molecule has 2 aliphatic rings. The molecule has 0 N–H and O–H groups in total. The molecular formula is C17H22ClN3O3S2. The second-order valence-corrected chi connectivity index (χ2v) is 9.91. The van der Waals surface area contributed by atoms with Crippen LogP contribution in [0, 0.1) is 0 Å². The normalized spacial score (nSPS) is 25.5. The highest BCUT2D eigenvalue weighted by Gasteiger charge is 2.49. The van der Waals surface area contributed by atoms with Gasteiger partial charge in [0.25, 0.3) is 5.91 Å². The second-order valence-electron chi connectivity index (χ2n) is 6.28. The van der Waals surface area contributed by atoms with Gasteiger partial charge in [-0.1, -0.05) is 11.8 Å². The summed E-state index contributed by atoms with van der Waals surface area (Å²) in [5.74, 6) is -0.408. The Morgan fingerprint density at radius 1 is 1.27 bits per heavy atom. The van der Waals surface area contributed by atoms with Gasteiger partial charge in [-0.05, 0) is 38.1 Å². The minimum absolute atomic E-state index is 0.0799. The van der Waals surface area contributed by atoms with E-state index >= 15 is 0 Å². The van der Waals surface area contributed by atoms with Gasteiger partial charge >= 0.3 is 0 Å². The molecule has 142 valence electrons. The largest absolute Gasteiger partial charge is 0.372 e. The third-order valence-electron chi connectivity index (χ3n) is 4.66. The van der Waals surface area contributed by atoms with Crippen molar-refractivity contribution >= 4 is 55.6 Å². The average Bonchev–Trinajstić information content (AvgIpc) is 3.07. The smallest absolute Gasteiger partial charge is 0.262 e. The molecule has 2 atom stereocenters. The predicted octanol–water partition coefficient (Wildman–Crippen LogP) is 2.37. The van der Waals surface area contributed by atoms with Crippen LogP contribution in [0.25, 0.3) is 0 Å². The average molecular weight is 416 g/mol. The van der Waals surface area contributed by atoms with Crippen molar-refractivity contribution in [1.82, 2.24) is 0 Å². The Hall–Kier alpha value is -1.25. The van der Waals surface area contributed by atoms with Gasteiger partial charge in [0.2, 0.25) is 0 Å². The predicted molar refractivity (Wildman–Crippen MR) is 109 cm³/mol. The van der Waals surface area contributed by atoms with Crippen LogP contribution in [0.1, 0.15) is 13.8 Å². The Labute approximate surface area is 163 Å². The Kier molecular flexibility index (Phi) is 5.84. The molecule has 2 saturated heterocycles. The van der Waals surface area contributed by atoms with E-state index in [2.05, 4.69) is 23.7 Å². The molecule has 0 radical (unpaired) electrons. The number of benzene rings is 1. The number of hydrogen-bond acceptors (Lipinski definition) is 5. The molecule has 9 heteroatoms. The summed E-state index contributed by atoms with van der Waals surface area (Å²) in [6.07, 6.45) is 0. The van der Waals surface area contributed by atoms with Gasteiger partial charge in [0.15, 0.2) is 15.0 Å². The summed E-state index contributed by atoms with van der Waals surface area (Å²) in [5.41, 5.74) is 1.95. The quantitative estimate of drug-likeness (QED) is 0.687. The molecule has 1 amide bonds. The molecule has 0 spiro atoms. The number of amides is 1. The number of aliphatic imine (C=N–C) groups is 1. The molecule has 2 heterocycles. The zero-order valence-electron chi connectivity index (χ0n) is 14.8. The van der Waals surface area contributed by atoms with Crippen LogP contribution in [0.4, 0.5) is 11.4 Å². The number of carbonyl (C=O) groups is 1. The summed E-state index contributed by atoms with van der Waals surface area (Å²) in [5, 5.41) is 0.431. The lowest BCUT2D eigenvalue weighted by Crippen LogP contribution is -2.37. The molecule has 1 aromatic carbocycles. The van der Waals surface area contributed by atoms with E-state index in [0.717, 1.165) is 24.5 Å². The van der Waals surface area contributed by atoms with Gasteiger partial charge in [-0.15, -0.1) is 11.6 Å². The van der Waals surface area contributed by atoms with Crippen LogP contribution in [-0.4, -0.2) is 61.3 Å². The highest BCUT2D eigenvalue weighted by molar-refractivity contribution is 8.16. The Morgan fingerprint density at radius 3 is 2.50 bits per heavy atom. The zero-order valence-corrected chi connectivity index (χ0v) is 17.1. The lowest BCUT2D eigenvalue weighted by Gasteiger charge is -2.26. The van der Waals surface area contributed by atoms with Crippen molar-refractivity contribution in [3.05, 3.63) is 24.3 Å². The third-order valence-corrected chi connectivity index (χ3v) is 8.10. The fourth-order valence-corrected chi connectivity index (χ4v) is 7.41. The van der Waals surface area contributed by atoms with E-state index in [9.17, 15) is 13.2 Å². The van der Waals surface area contributed by atoms with Crippen LogP contribution in [0.2, 0.25) is 0 Å². The lowest BCUT2D eigenvalue weighted by atomic mass is 10.2. The SMILES string of the molecule is CCN(CC)c1ccc(N2C(=NC(=O)CCl)S[C@@H]3CS(=O)(=O)C[C@@H]32)cc1. The van der Waals surface area contributed by atoms with Crippen LogP contribution >= 0.6 is 23.4 Å². The number of sulfone groups is 1. The number of nitrogens with zero attached hydrogens (tertiary/aromatic N) is 3. The van der Waals surface area contributed by atoms with E-state index in [-0.39, 0.29) is 28.7 Å². The van der Waals surface area contributed by atoms with E-state index in [1.165, 1.54) is 11.8 Å². The van der Waals surface area contributed by atoms with Crippen molar-refractivity contribution < 1.29 is 13.2 Å². The fraction of sp³-hybridized carbons (Fsp3) is 0.529. The fourth-order valence-electron chi connectivity index (χ4n) is 3.42. The monoisotopic (exact) mass is 415 g/mol. The Balaban J connectivity index is 1.95. The minimum Gasteiger partial charge on any atom is -0.372 e. The zero-order chi connectivity index (χ0) is 18.9. The standard InChI is InChI=1S/C17H22ClN3O3S2/c1-3-20(4-2)12-5-7-13(8-6-12)21-14-10-26(23,24)11-15(14)25-17(21)19-16(22)9-18/h5-8,14-15H,3-4,9-11H2,1-2H3/t14-,15+/m0/s1. The van der Waals surface area contributed by atoms with E-state index in [0.29, 0.717) is 5.17 Å². The summed E-state index contributed by atoms with van der Waals surface area (Å²) < 4.78 is 24.1. The first-order valence-corrected chi connectivity index (χ1v) is 11.8. The molecule has 1 aromatic rings. The molecule has 2 fully saturated rings. The second kappa shape index (κ2) is 7.78. The van der Waals surface area contributed by atoms with E-state index < -0.39 is 15.7 Å². The summed E-state index contributed by atoms with van der Waals surface area (Å²) in [4.78, 5) is 19.9. The van der Waals surface area contributed by atoms with Gasteiger partial charge < -0.3 is 9.80 Å². The van der Waals surface area contributed by atoms with E-state index in [1.54, 1.807) is 0 Å². The van der Waals surface area contributed by atoms with E-state index in [1.807, 2.05) is 29.2 Å².